The first-order valence-corrected chi connectivity index (χ1v) is 7.80. The molecule has 1 aromatic carbocycles. The van der Waals surface area contributed by atoms with Gasteiger partial charge in [-0.3, -0.25) is 9.36 Å². The molecule has 0 fully saturated rings. The number of alkyl halides is 2. The minimum atomic E-state index is -2.71. The molecule has 0 saturated heterocycles. The molecule has 0 aliphatic heterocycles. The maximum Gasteiger partial charge on any atom is 0.321 e. The number of para-hydroxylation sites is 2. The van der Waals surface area contributed by atoms with Crippen molar-refractivity contribution in [3.05, 3.63) is 48.4 Å². The summed E-state index contributed by atoms with van der Waals surface area (Å²) in [5.74, 6) is 0.346. The summed E-state index contributed by atoms with van der Waals surface area (Å²) < 4.78 is 32.4. The van der Waals surface area contributed by atoms with E-state index in [-0.39, 0.29) is 23.4 Å². The first kappa shape index (κ1) is 15.5. The summed E-state index contributed by atoms with van der Waals surface area (Å²) >= 11 is 0.976. The van der Waals surface area contributed by atoms with Crippen LogP contribution in [0, 0.1) is 0 Å². The third-order valence-electron chi connectivity index (χ3n) is 3.13. The number of hydrogen-bond donors (Lipinski definition) is 1. The average Bonchev–Trinajstić information content (AvgIpc) is 3.17. The molecule has 0 aliphatic carbocycles. The van der Waals surface area contributed by atoms with Crippen LogP contribution >= 0.6 is 11.8 Å². The highest BCUT2D eigenvalue weighted by Crippen LogP contribution is 2.28. The van der Waals surface area contributed by atoms with Crippen LogP contribution in [0.25, 0.3) is 11.0 Å². The van der Waals surface area contributed by atoms with Gasteiger partial charge in [0.1, 0.15) is 5.76 Å². The highest BCUT2D eigenvalue weighted by molar-refractivity contribution is 7.99. The van der Waals surface area contributed by atoms with E-state index < -0.39 is 6.55 Å². The fraction of sp³-hybridized carbons (Fsp3) is 0.200. The number of carbonyl (C=O) groups excluding carboxylic acids is 1. The number of imidazole rings is 1. The molecule has 1 N–H and O–H groups in total. The first-order chi connectivity index (χ1) is 11.1. The molecular weight excluding hydrogens is 324 g/mol. The molecule has 1 amide bonds. The van der Waals surface area contributed by atoms with E-state index in [0.29, 0.717) is 16.8 Å². The number of hydrogen-bond acceptors (Lipinski definition) is 4. The lowest BCUT2D eigenvalue weighted by Gasteiger charge is -2.07. The zero-order valence-electron chi connectivity index (χ0n) is 11.9. The number of rotatable bonds is 6. The predicted octanol–water partition coefficient (Wildman–Crippen LogP) is 3.43. The van der Waals surface area contributed by atoms with Gasteiger partial charge in [-0.2, -0.15) is 8.78 Å². The number of furan rings is 1. The Morgan fingerprint density at radius 3 is 2.87 bits per heavy atom. The molecule has 0 aliphatic rings. The van der Waals surface area contributed by atoms with E-state index >= 15 is 0 Å². The molecule has 5 nitrogen and oxygen atoms in total. The van der Waals surface area contributed by atoms with E-state index in [1.807, 2.05) is 0 Å². The number of nitrogens with one attached hydrogen (secondary N) is 1. The van der Waals surface area contributed by atoms with Gasteiger partial charge in [-0.15, -0.1) is 0 Å². The fourth-order valence-corrected chi connectivity index (χ4v) is 2.94. The molecule has 0 bridgehead atoms. The van der Waals surface area contributed by atoms with Crippen LogP contribution in [-0.2, 0) is 11.3 Å². The van der Waals surface area contributed by atoms with Gasteiger partial charge in [-0.25, -0.2) is 4.98 Å². The molecule has 0 unspecified atom stereocenters. The van der Waals surface area contributed by atoms with Gasteiger partial charge in [0, 0.05) is 0 Å². The number of carbonyl (C=O) groups is 1. The molecule has 0 radical (unpaired) electrons. The molecular formula is C15H13F2N3O2S. The van der Waals surface area contributed by atoms with Crippen molar-refractivity contribution < 1.29 is 18.0 Å². The number of aromatic nitrogens is 2. The molecule has 0 saturated carbocycles. The van der Waals surface area contributed by atoms with Crippen LogP contribution in [-0.4, -0.2) is 21.2 Å². The number of thioether (sulfide) groups is 1. The molecule has 0 spiro atoms. The van der Waals surface area contributed by atoms with Crippen LogP contribution in [0.15, 0.2) is 52.2 Å². The fourth-order valence-electron chi connectivity index (χ4n) is 2.09. The lowest BCUT2D eigenvalue weighted by Crippen LogP contribution is -2.24. The van der Waals surface area contributed by atoms with Gasteiger partial charge in [0.15, 0.2) is 5.16 Å². The van der Waals surface area contributed by atoms with Gasteiger partial charge in [-0.1, -0.05) is 23.9 Å². The van der Waals surface area contributed by atoms with Crippen LogP contribution in [0.2, 0.25) is 0 Å². The molecule has 2 aromatic heterocycles. The molecule has 23 heavy (non-hydrogen) atoms. The number of halogens is 2. The van der Waals surface area contributed by atoms with Crippen molar-refractivity contribution in [2.75, 3.05) is 5.75 Å². The van der Waals surface area contributed by atoms with Crippen LogP contribution in [0.3, 0.4) is 0 Å². The van der Waals surface area contributed by atoms with Crippen molar-refractivity contribution in [3.63, 3.8) is 0 Å². The maximum absolute atomic E-state index is 13.2. The zero-order chi connectivity index (χ0) is 16.2. The van der Waals surface area contributed by atoms with Gasteiger partial charge in [0.25, 0.3) is 0 Å². The number of amides is 1. The van der Waals surface area contributed by atoms with Crippen molar-refractivity contribution in [2.24, 2.45) is 0 Å². The Morgan fingerprint density at radius 1 is 1.30 bits per heavy atom. The zero-order valence-corrected chi connectivity index (χ0v) is 12.7. The van der Waals surface area contributed by atoms with Gasteiger partial charge in [0.2, 0.25) is 5.91 Å². The van der Waals surface area contributed by atoms with Gasteiger partial charge in [0.05, 0.1) is 29.6 Å². The topological polar surface area (TPSA) is 60.1 Å². The number of nitrogens with zero attached hydrogens (tertiary/aromatic N) is 2. The summed E-state index contributed by atoms with van der Waals surface area (Å²) in [6, 6.07) is 10.1. The van der Waals surface area contributed by atoms with Gasteiger partial charge in [-0.05, 0) is 24.3 Å². The highest BCUT2D eigenvalue weighted by atomic mass is 32.2. The van der Waals surface area contributed by atoms with Crippen molar-refractivity contribution in [1.29, 1.82) is 0 Å². The van der Waals surface area contributed by atoms with E-state index in [9.17, 15) is 13.6 Å². The minimum absolute atomic E-state index is 0.00322. The molecule has 120 valence electrons. The molecule has 3 rings (SSSR count). The largest absolute Gasteiger partial charge is 0.467 e. The third kappa shape index (κ3) is 3.53. The van der Waals surface area contributed by atoms with Crippen LogP contribution in [0.1, 0.15) is 12.3 Å². The SMILES string of the molecule is O=C(CSc1nc2ccccc2n1C(F)F)NCc1ccco1. The summed E-state index contributed by atoms with van der Waals surface area (Å²) in [5, 5.41) is 2.78. The quantitative estimate of drug-likeness (QED) is 0.700. The molecule has 0 atom stereocenters. The Balaban J connectivity index is 1.66. The summed E-state index contributed by atoms with van der Waals surface area (Å²) in [7, 11) is 0. The normalized spacial score (nSPS) is 11.3. The summed E-state index contributed by atoms with van der Waals surface area (Å²) in [5.41, 5.74) is 0.826. The van der Waals surface area contributed by atoms with Gasteiger partial charge >= 0.3 is 6.55 Å². The maximum atomic E-state index is 13.2. The van der Waals surface area contributed by atoms with E-state index in [4.69, 9.17) is 4.42 Å². The number of fused-ring (bicyclic) bond motifs is 1. The second kappa shape index (κ2) is 6.82. The molecule has 2 heterocycles. The Bertz CT molecular complexity index is 802. The monoisotopic (exact) mass is 337 g/mol. The van der Waals surface area contributed by atoms with Crippen molar-refractivity contribution in [1.82, 2.24) is 14.9 Å². The lowest BCUT2D eigenvalue weighted by molar-refractivity contribution is -0.118. The third-order valence-corrected chi connectivity index (χ3v) is 4.08. The highest BCUT2D eigenvalue weighted by Gasteiger charge is 2.18. The Labute approximate surface area is 134 Å². The van der Waals surface area contributed by atoms with E-state index in [2.05, 4.69) is 10.3 Å². The summed E-state index contributed by atoms with van der Waals surface area (Å²) in [4.78, 5) is 16.0. The average molecular weight is 337 g/mol. The molecule has 8 heteroatoms. The summed E-state index contributed by atoms with van der Waals surface area (Å²) in [6.07, 6.45) is 1.52. The van der Waals surface area contributed by atoms with Crippen molar-refractivity contribution in [2.45, 2.75) is 18.3 Å². The van der Waals surface area contributed by atoms with Crippen molar-refractivity contribution in [3.8, 4) is 0 Å². The van der Waals surface area contributed by atoms with E-state index in [1.54, 1.807) is 36.4 Å². The first-order valence-electron chi connectivity index (χ1n) is 6.82. The standard InChI is InChI=1S/C15H13F2N3O2S/c16-14(17)20-12-6-2-1-5-11(12)19-15(20)23-9-13(21)18-8-10-4-3-7-22-10/h1-7,14H,8-9H2,(H,18,21). The lowest BCUT2D eigenvalue weighted by atomic mass is 10.3. The van der Waals surface area contributed by atoms with E-state index in [1.165, 1.54) is 6.26 Å². The smallest absolute Gasteiger partial charge is 0.321 e. The minimum Gasteiger partial charge on any atom is -0.467 e. The number of benzene rings is 1. The second-order valence-corrected chi connectivity index (χ2v) is 5.62. The van der Waals surface area contributed by atoms with Crippen molar-refractivity contribution >= 4 is 28.7 Å². The van der Waals surface area contributed by atoms with Crippen LogP contribution < -0.4 is 5.32 Å². The second-order valence-electron chi connectivity index (χ2n) is 4.68. The summed E-state index contributed by atoms with van der Waals surface area (Å²) in [6.45, 7) is -2.45. The molecule has 3 aromatic rings. The van der Waals surface area contributed by atoms with Crippen LogP contribution in [0.5, 0.6) is 0 Å². The van der Waals surface area contributed by atoms with E-state index in [0.717, 1.165) is 16.3 Å². The van der Waals surface area contributed by atoms with Crippen LogP contribution in [0.4, 0.5) is 8.78 Å². The predicted molar refractivity (Wildman–Crippen MR) is 82.3 cm³/mol. The van der Waals surface area contributed by atoms with Gasteiger partial charge < -0.3 is 9.73 Å². The Morgan fingerprint density at radius 2 is 2.13 bits per heavy atom. The Kier molecular flexibility index (Phi) is 4.61. The Hall–Kier alpha value is -2.35.